The summed E-state index contributed by atoms with van der Waals surface area (Å²) in [6, 6.07) is 9.33. The predicted octanol–water partition coefficient (Wildman–Crippen LogP) is 2.60. The second-order valence-corrected chi connectivity index (χ2v) is 3.34. The summed E-state index contributed by atoms with van der Waals surface area (Å²) in [6.07, 6.45) is 1.60. The first-order valence-electron chi connectivity index (χ1n) is 5.35. The Labute approximate surface area is 95.3 Å². The maximum atomic E-state index is 11.0. The van der Waals surface area contributed by atoms with Crippen molar-refractivity contribution in [1.82, 2.24) is 4.90 Å². The highest BCUT2D eigenvalue weighted by Crippen LogP contribution is 2.11. The zero-order chi connectivity index (χ0) is 12.0. The zero-order valence-corrected chi connectivity index (χ0v) is 9.59. The topological polar surface area (TPSA) is 46.4 Å². The van der Waals surface area contributed by atoms with Crippen molar-refractivity contribution in [3.05, 3.63) is 51.8 Å². The molecule has 0 unspecified atom stereocenters. The molecule has 0 bridgehead atoms. The summed E-state index contributed by atoms with van der Waals surface area (Å²) in [5, 5.41) is 11.0. The number of hydrogen-bond donors (Lipinski definition) is 0. The van der Waals surface area contributed by atoms with Crippen LogP contribution >= 0.6 is 0 Å². The Bertz CT molecular complexity index is 370. The van der Waals surface area contributed by atoms with Crippen molar-refractivity contribution in [2.75, 3.05) is 13.1 Å². The highest BCUT2D eigenvalue weighted by Gasteiger charge is 2.16. The SMILES string of the molecule is CCN(CC)C(=Cc1ccccc1)[N+](=O)[O-]. The van der Waals surface area contributed by atoms with Crippen LogP contribution in [0.3, 0.4) is 0 Å². The summed E-state index contributed by atoms with van der Waals surface area (Å²) in [7, 11) is 0. The molecule has 0 amide bonds. The van der Waals surface area contributed by atoms with Crippen LogP contribution in [0.15, 0.2) is 36.2 Å². The minimum absolute atomic E-state index is 0.149. The van der Waals surface area contributed by atoms with Gasteiger partial charge in [0.15, 0.2) is 0 Å². The largest absolute Gasteiger partial charge is 0.358 e. The molecule has 86 valence electrons. The second kappa shape index (κ2) is 5.90. The molecule has 0 fully saturated rings. The lowest BCUT2D eigenvalue weighted by molar-refractivity contribution is -0.444. The van der Waals surface area contributed by atoms with E-state index < -0.39 is 0 Å². The number of nitrogens with zero attached hydrogens (tertiary/aromatic N) is 2. The zero-order valence-electron chi connectivity index (χ0n) is 9.59. The molecule has 4 nitrogen and oxygen atoms in total. The van der Waals surface area contributed by atoms with Gasteiger partial charge >= 0.3 is 5.82 Å². The molecule has 0 aliphatic rings. The van der Waals surface area contributed by atoms with Gasteiger partial charge < -0.3 is 10.1 Å². The van der Waals surface area contributed by atoms with E-state index in [4.69, 9.17) is 0 Å². The molecule has 0 aromatic heterocycles. The third-order valence-corrected chi connectivity index (χ3v) is 2.37. The number of nitro groups is 1. The third kappa shape index (κ3) is 3.08. The molecule has 0 aliphatic heterocycles. The molecule has 0 aliphatic carbocycles. The summed E-state index contributed by atoms with van der Waals surface area (Å²) in [5.41, 5.74) is 0.848. The van der Waals surface area contributed by atoms with E-state index in [9.17, 15) is 10.1 Å². The van der Waals surface area contributed by atoms with Crippen molar-refractivity contribution >= 4 is 6.08 Å². The number of rotatable bonds is 5. The van der Waals surface area contributed by atoms with Crippen molar-refractivity contribution in [2.24, 2.45) is 0 Å². The van der Waals surface area contributed by atoms with Gasteiger partial charge in [-0.05, 0) is 24.3 Å². The lowest BCUT2D eigenvalue weighted by Gasteiger charge is -2.15. The van der Waals surface area contributed by atoms with Gasteiger partial charge in [0.05, 0.1) is 13.1 Å². The van der Waals surface area contributed by atoms with E-state index in [1.165, 1.54) is 0 Å². The van der Waals surface area contributed by atoms with Gasteiger partial charge in [-0.3, -0.25) is 4.90 Å². The van der Waals surface area contributed by atoms with Crippen LogP contribution in [0.4, 0.5) is 0 Å². The minimum Gasteiger partial charge on any atom is -0.358 e. The molecule has 16 heavy (non-hydrogen) atoms. The molecule has 1 aromatic carbocycles. The van der Waals surface area contributed by atoms with Crippen LogP contribution in [0, 0.1) is 10.1 Å². The fourth-order valence-electron chi connectivity index (χ4n) is 1.51. The lowest BCUT2D eigenvalue weighted by Crippen LogP contribution is -2.26. The van der Waals surface area contributed by atoms with E-state index in [1.807, 2.05) is 44.2 Å². The van der Waals surface area contributed by atoms with E-state index in [2.05, 4.69) is 0 Å². The first kappa shape index (κ1) is 12.2. The molecule has 4 heteroatoms. The molecule has 1 aromatic rings. The van der Waals surface area contributed by atoms with Crippen LogP contribution in [-0.4, -0.2) is 22.9 Å². The van der Waals surface area contributed by atoms with Gasteiger partial charge in [-0.1, -0.05) is 30.3 Å². The lowest BCUT2D eigenvalue weighted by atomic mass is 10.2. The third-order valence-electron chi connectivity index (χ3n) is 2.37. The molecule has 0 saturated carbocycles. The number of benzene rings is 1. The highest BCUT2D eigenvalue weighted by atomic mass is 16.6. The Morgan fingerprint density at radius 1 is 1.31 bits per heavy atom. The van der Waals surface area contributed by atoms with E-state index in [1.54, 1.807) is 11.0 Å². The second-order valence-electron chi connectivity index (χ2n) is 3.34. The maximum Gasteiger partial charge on any atom is 0.318 e. The predicted molar refractivity (Wildman–Crippen MR) is 64.3 cm³/mol. The van der Waals surface area contributed by atoms with E-state index in [0.717, 1.165) is 5.56 Å². The average molecular weight is 220 g/mol. The van der Waals surface area contributed by atoms with Gasteiger partial charge in [-0.2, -0.15) is 0 Å². The number of hydrogen-bond acceptors (Lipinski definition) is 3. The normalized spacial score (nSPS) is 11.2. The summed E-state index contributed by atoms with van der Waals surface area (Å²) in [6.45, 7) is 5.09. The van der Waals surface area contributed by atoms with Crippen LogP contribution in [0.2, 0.25) is 0 Å². The quantitative estimate of drug-likeness (QED) is 0.566. The van der Waals surface area contributed by atoms with E-state index in [0.29, 0.717) is 13.1 Å². The minimum atomic E-state index is -0.333. The molecule has 0 spiro atoms. The van der Waals surface area contributed by atoms with Gasteiger partial charge in [0, 0.05) is 6.08 Å². The van der Waals surface area contributed by atoms with Crippen molar-refractivity contribution in [1.29, 1.82) is 0 Å². The Morgan fingerprint density at radius 2 is 1.88 bits per heavy atom. The van der Waals surface area contributed by atoms with Crippen molar-refractivity contribution < 1.29 is 4.92 Å². The Morgan fingerprint density at radius 3 is 2.31 bits per heavy atom. The summed E-state index contributed by atoms with van der Waals surface area (Å²) >= 11 is 0. The fourth-order valence-corrected chi connectivity index (χ4v) is 1.51. The van der Waals surface area contributed by atoms with Gasteiger partial charge in [0.1, 0.15) is 0 Å². The Kier molecular flexibility index (Phi) is 4.51. The van der Waals surface area contributed by atoms with Gasteiger partial charge in [-0.25, -0.2) is 0 Å². The summed E-state index contributed by atoms with van der Waals surface area (Å²) in [4.78, 5) is 12.4. The first-order valence-corrected chi connectivity index (χ1v) is 5.35. The van der Waals surface area contributed by atoms with Crippen LogP contribution in [0.5, 0.6) is 0 Å². The van der Waals surface area contributed by atoms with Crippen molar-refractivity contribution in [2.45, 2.75) is 13.8 Å². The van der Waals surface area contributed by atoms with Crippen molar-refractivity contribution in [3.63, 3.8) is 0 Å². The van der Waals surface area contributed by atoms with Gasteiger partial charge in [0.2, 0.25) is 0 Å². The van der Waals surface area contributed by atoms with Crippen molar-refractivity contribution in [3.8, 4) is 0 Å². The first-order chi connectivity index (χ1) is 7.69. The standard InChI is InChI=1S/C12H16N2O2/c1-3-13(4-2)12(14(15)16)10-11-8-6-5-7-9-11/h5-10H,3-4H2,1-2H3. The monoisotopic (exact) mass is 220 g/mol. The van der Waals surface area contributed by atoms with Gasteiger partial charge in [0.25, 0.3) is 0 Å². The summed E-state index contributed by atoms with van der Waals surface area (Å²) in [5.74, 6) is 0.149. The fraction of sp³-hybridized carbons (Fsp3) is 0.333. The molecular weight excluding hydrogens is 204 g/mol. The van der Waals surface area contributed by atoms with E-state index >= 15 is 0 Å². The average Bonchev–Trinajstić information content (AvgIpc) is 2.30. The molecular formula is C12H16N2O2. The molecule has 0 N–H and O–H groups in total. The highest BCUT2D eigenvalue weighted by molar-refractivity contribution is 5.50. The molecule has 0 radical (unpaired) electrons. The maximum absolute atomic E-state index is 11.0. The van der Waals surface area contributed by atoms with Crippen LogP contribution in [-0.2, 0) is 0 Å². The Balaban J connectivity index is 3.02. The summed E-state index contributed by atoms with van der Waals surface area (Å²) < 4.78 is 0. The van der Waals surface area contributed by atoms with Crippen LogP contribution in [0.25, 0.3) is 6.08 Å². The molecule has 0 atom stereocenters. The van der Waals surface area contributed by atoms with Crippen LogP contribution < -0.4 is 0 Å². The Hall–Kier alpha value is -1.84. The molecule has 0 saturated heterocycles. The van der Waals surface area contributed by atoms with Crippen LogP contribution in [0.1, 0.15) is 19.4 Å². The smallest absolute Gasteiger partial charge is 0.318 e. The molecule has 0 heterocycles. The van der Waals surface area contributed by atoms with E-state index in [-0.39, 0.29) is 10.7 Å². The molecule has 1 rings (SSSR count). The van der Waals surface area contributed by atoms with Gasteiger partial charge in [-0.15, -0.1) is 0 Å².